The SMILES string of the molecule is Oc1ccc2c(c1)OCC2NCc1ccccc1Br. The number of halogens is 1. The monoisotopic (exact) mass is 319 g/mol. The molecule has 0 amide bonds. The molecule has 1 heterocycles. The number of nitrogens with one attached hydrogen (secondary N) is 1. The van der Waals surface area contributed by atoms with Crippen molar-refractivity contribution >= 4 is 15.9 Å². The second-order valence-electron chi connectivity index (χ2n) is 4.56. The molecule has 98 valence electrons. The fourth-order valence-electron chi connectivity index (χ4n) is 2.24. The normalized spacial score (nSPS) is 17.0. The lowest BCUT2D eigenvalue weighted by molar-refractivity contribution is 0.309. The number of phenols is 1. The molecule has 0 saturated heterocycles. The van der Waals surface area contributed by atoms with E-state index in [1.165, 1.54) is 5.56 Å². The third-order valence-electron chi connectivity index (χ3n) is 3.27. The molecular weight excluding hydrogens is 306 g/mol. The minimum atomic E-state index is 0.169. The van der Waals surface area contributed by atoms with Gasteiger partial charge in [0.1, 0.15) is 18.1 Å². The summed E-state index contributed by atoms with van der Waals surface area (Å²) in [5.74, 6) is 1.01. The Hall–Kier alpha value is -1.52. The van der Waals surface area contributed by atoms with E-state index in [-0.39, 0.29) is 11.8 Å². The molecule has 0 fully saturated rings. The van der Waals surface area contributed by atoms with Gasteiger partial charge in [-0.1, -0.05) is 34.1 Å². The third kappa shape index (κ3) is 2.60. The topological polar surface area (TPSA) is 41.5 Å². The molecule has 0 saturated carbocycles. The second kappa shape index (κ2) is 5.23. The van der Waals surface area contributed by atoms with Crippen LogP contribution in [-0.2, 0) is 6.54 Å². The van der Waals surface area contributed by atoms with Crippen LogP contribution < -0.4 is 10.1 Å². The largest absolute Gasteiger partial charge is 0.508 e. The summed E-state index contributed by atoms with van der Waals surface area (Å²) in [5.41, 5.74) is 2.32. The summed E-state index contributed by atoms with van der Waals surface area (Å²) >= 11 is 3.54. The molecule has 0 bridgehead atoms. The molecule has 0 spiro atoms. The number of hydrogen-bond donors (Lipinski definition) is 2. The number of fused-ring (bicyclic) bond motifs is 1. The summed E-state index contributed by atoms with van der Waals surface area (Å²) in [6.07, 6.45) is 0. The summed E-state index contributed by atoms with van der Waals surface area (Å²) in [4.78, 5) is 0. The van der Waals surface area contributed by atoms with Crippen molar-refractivity contribution in [2.24, 2.45) is 0 Å². The maximum Gasteiger partial charge on any atom is 0.127 e. The van der Waals surface area contributed by atoms with Crippen LogP contribution in [0.5, 0.6) is 11.5 Å². The quantitative estimate of drug-likeness (QED) is 0.911. The first-order valence-corrected chi connectivity index (χ1v) is 6.96. The minimum Gasteiger partial charge on any atom is -0.508 e. The Labute approximate surface area is 120 Å². The average Bonchev–Trinajstić information content (AvgIpc) is 2.80. The molecule has 2 aromatic carbocycles. The van der Waals surface area contributed by atoms with Crippen LogP contribution in [-0.4, -0.2) is 11.7 Å². The zero-order chi connectivity index (χ0) is 13.2. The molecule has 0 aromatic heterocycles. The van der Waals surface area contributed by atoms with E-state index in [9.17, 15) is 5.11 Å². The van der Waals surface area contributed by atoms with Gasteiger partial charge in [0.25, 0.3) is 0 Å². The zero-order valence-corrected chi connectivity index (χ0v) is 11.9. The molecule has 0 aliphatic carbocycles. The lowest BCUT2D eigenvalue weighted by Crippen LogP contribution is -2.22. The van der Waals surface area contributed by atoms with Crippen LogP contribution >= 0.6 is 15.9 Å². The van der Waals surface area contributed by atoms with Crippen LogP contribution in [0.15, 0.2) is 46.9 Å². The number of aromatic hydroxyl groups is 1. The van der Waals surface area contributed by atoms with Crippen molar-refractivity contribution in [3.05, 3.63) is 58.1 Å². The van der Waals surface area contributed by atoms with Gasteiger partial charge in [-0.2, -0.15) is 0 Å². The average molecular weight is 320 g/mol. The molecule has 2 N–H and O–H groups in total. The van der Waals surface area contributed by atoms with E-state index in [4.69, 9.17) is 4.74 Å². The minimum absolute atomic E-state index is 0.169. The molecule has 19 heavy (non-hydrogen) atoms. The Bertz CT molecular complexity index is 600. The Morgan fingerprint density at radius 3 is 2.95 bits per heavy atom. The summed E-state index contributed by atoms with van der Waals surface area (Å²) in [5, 5.41) is 12.9. The highest BCUT2D eigenvalue weighted by atomic mass is 79.9. The fourth-order valence-corrected chi connectivity index (χ4v) is 2.67. The van der Waals surface area contributed by atoms with Crippen molar-refractivity contribution < 1.29 is 9.84 Å². The van der Waals surface area contributed by atoms with Crippen LogP contribution in [0.4, 0.5) is 0 Å². The van der Waals surface area contributed by atoms with E-state index in [1.807, 2.05) is 24.3 Å². The van der Waals surface area contributed by atoms with Gasteiger partial charge in [-0.3, -0.25) is 0 Å². The molecular formula is C15H14BrNO2. The van der Waals surface area contributed by atoms with E-state index < -0.39 is 0 Å². The number of phenolic OH excluding ortho intramolecular Hbond substituents is 1. The molecule has 2 aromatic rings. The molecule has 1 unspecified atom stereocenters. The van der Waals surface area contributed by atoms with Gasteiger partial charge in [0.15, 0.2) is 0 Å². The highest BCUT2D eigenvalue weighted by Gasteiger charge is 2.23. The van der Waals surface area contributed by atoms with E-state index in [2.05, 4.69) is 27.3 Å². The van der Waals surface area contributed by atoms with Gasteiger partial charge in [-0.05, 0) is 23.8 Å². The Kier molecular flexibility index (Phi) is 3.44. The van der Waals surface area contributed by atoms with Crippen molar-refractivity contribution in [1.29, 1.82) is 0 Å². The summed E-state index contributed by atoms with van der Waals surface area (Å²) < 4.78 is 6.68. The van der Waals surface area contributed by atoms with Gasteiger partial charge in [-0.25, -0.2) is 0 Å². The molecule has 1 atom stereocenters. The predicted molar refractivity (Wildman–Crippen MR) is 77.3 cm³/mol. The van der Waals surface area contributed by atoms with E-state index in [1.54, 1.807) is 12.1 Å². The van der Waals surface area contributed by atoms with Crippen LogP contribution in [0.2, 0.25) is 0 Å². The summed E-state index contributed by atoms with van der Waals surface area (Å²) in [6.45, 7) is 1.37. The Morgan fingerprint density at radius 2 is 2.11 bits per heavy atom. The smallest absolute Gasteiger partial charge is 0.127 e. The van der Waals surface area contributed by atoms with Crippen LogP contribution in [0, 0.1) is 0 Å². The Balaban J connectivity index is 1.72. The van der Waals surface area contributed by atoms with Crippen LogP contribution in [0.3, 0.4) is 0 Å². The highest BCUT2D eigenvalue weighted by Crippen LogP contribution is 2.35. The fraction of sp³-hybridized carbons (Fsp3) is 0.200. The first-order valence-electron chi connectivity index (χ1n) is 6.16. The number of rotatable bonds is 3. The molecule has 1 aliphatic heterocycles. The zero-order valence-electron chi connectivity index (χ0n) is 10.3. The number of hydrogen-bond acceptors (Lipinski definition) is 3. The van der Waals surface area contributed by atoms with Crippen LogP contribution in [0.1, 0.15) is 17.2 Å². The van der Waals surface area contributed by atoms with E-state index in [0.717, 1.165) is 22.3 Å². The van der Waals surface area contributed by atoms with Gasteiger partial charge in [-0.15, -0.1) is 0 Å². The second-order valence-corrected chi connectivity index (χ2v) is 5.41. The summed E-state index contributed by atoms with van der Waals surface area (Å²) in [7, 11) is 0. The lowest BCUT2D eigenvalue weighted by atomic mass is 10.1. The van der Waals surface area contributed by atoms with Crippen molar-refractivity contribution in [1.82, 2.24) is 5.32 Å². The van der Waals surface area contributed by atoms with Crippen molar-refractivity contribution in [2.45, 2.75) is 12.6 Å². The maximum atomic E-state index is 9.42. The van der Waals surface area contributed by atoms with Gasteiger partial charge in [0.05, 0.1) is 6.04 Å². The molecule has 3 rings (SSSR count). The van der Waals surface area contributed by atoms with E-state index in [0.29, 0.717) is 6.61 Å². The predicted octanol–water partition coefficient (Wildman–Crippen LogP) is 3.38. The molecule has 0 radical (unpaired) electrons. The first-order chi connectivity index (χ1) is 9.24. The van der Waals surface area contributed by atoms with E-state index >= 15 is 0 Å². The van der Waals surface area contributed by atoms with Gasteiger partial charge in [0.2, 0.25) is 0 Å². The molecule has 1 aliphatic rings. The van der Waals surface area contributed by atoms with Crippen molar-refractivity contribution in [2.75, 3.05) is 6.61 Å². The Morgan fingerprint density at radius 1 is 1.26 bits per heavy atom. The van der Waals surface area contributed by atoms with Gasteiger partial charge >= 0.3 is 0 Å². The third-order valence-corrected chi connectivity index (χ3v) is 4.05. The summed E-state index contributed by atoms with van der Waals surface area (Å²) in [6, 6.07) is 13.6. The van der Waals surface area contributed by atoms with Crippen molar-refractivity contribution in [3.8, 4) is 11.5 Å². The lowest BCUT2D eigenvalue weighted by Gasteiger charge is -2.12. The highest BCUT2D eigenvalue weighted by molar-refractivity contribution is 9.10. The molecule has 4 heteroatoms. The number of ether oxygens (including phenoxy) is 1. The standard InChI is InChI=1S/C15H14BrNO2/c16-13-4-2-1-3-10(13)8-17-14-9-19-15-7-11(18)5-6-12(14)15/h1-7,14,17-18H,8-9H2. The van der Waals surface area contributed by atoms with Crippen LogP contribution in [0.25, 0.3) is 0 Å². The molecule has 3 nitrogen and oxygen atoms in total. The van der Waals surface area contributed by atoms with Gasteiger partial charge < -0.3 is 15.2 Å². The first kappa shape index (κ1) is 12.5. The maximum absolute atomic E-state index is 9.42. The number of benzene rings is 2. The van der Waals surface area contributed by atoms with Crippen molar-refractivity contribution in [3.63, 3.8) is 0 Å². The van der Waals surface area contributed by atoms with Gasteiger partial charge in [0, 0.05) is 22.6 Å².